The molecule has 82 valence electrons. The molecule has 1 rings (SSSR count). The Morgan fingerprint density at radius 2 is 2.07 bits per heavy atom. The molecule has 0 aliphatic rings. The van der Waals surface area contributed by atoms with E-state index in [-0.39, 0.29) is 0 Å². The maximum Gasteiger partial charge on any atom is 0.171 e. The molecule has 0 fully saturated rings. The van der Waals surface area contributed by atoms with Crippen LogP contribution in [0.5, 0.6) is 0 Å². The van der Waals surface area contributed by atoms with Gasteiger partial charge in [0.25, 0.3) is 0 Å². The minimum absolute atomic E-state index is 1.12. The summed E-state index contributed by atoms with van der Waals surface area (Å²) in [4.78, 5) is 0. The van der Waals surface area contributed by atoms with Crippen molar-refractivity contribution in [2.24, 2.45) is 0 Å². The summed E-state index contributed by atoms with van der Waals surface area (Å²) in [5, 5.41) is 1.41. The van der Waals surface area contributed by atoms with Crippen LogP contribution in [-0.4, -0.2) is 8.11 Å². The van der Waals surface area contributed by atoms with E-state index >= 15 is 0 Å². The molecule has 0 aliphatic carbocycles. The van der Waals surface area contributed by atoms with Crippen LogP contribution in [0.1, 0.15) is 24.8 Å². The van der Waals surface area contributed by atoms with Crippen molar-refractivity contribution in [1.82, 2.24) is 0 Å². The van der Waals surface area contributed by atoms with Crippen molar-refractivity contribution < 1.29 is 0 Å². The molecule has 1 aromatic rings. The number of halogens is 1. The van der Waals surface area contributed by atoms with E-state index in [0.29, 0.717) is 0 Å². The Morgan fingerprint density at radius 1 is 1.33 bits per heavy atom. The molecule has 0 heterocycles. The minimum Gasteiger partial charge on any atom is -0.165 e. The summed E-state index contributed by atoms with van der Waals surface area (Å²) in [6, 6.07) is 9.71. The average molecular weight is 239 g/mol. The number of unbranched alkanes of at least 4 members (excludes halogenated alkanes) is 2. The number of aryl methyl sites for hydroxylation is 1. The van der Waals surface area contributed by atoms with Gasteiger partial charge in [0.1, 0.15) is 0 Å². The van der Waals surface area contributed by atoms with Gasteiger partial charge in [0, 0.05) is 0 Å². The van der Waals surface area contributed by atoms with Crippen LogP contribution in [0, 0.1) is 6.92 Å². The Labute approximate surface area is 99.3 Å². The highest BCUT2D eigenvalue weighted by molar-refractivity contribution is 7.14. The van der Waals surface area contributed by atoms with Crippen molar-refractivity contribution in [3.8, 4) is 0 Å². The largest absolute Gasteiger partial charge is 0.171 e. The highest BCUT2D eigenvalue weighted by Crippen LogP contribution is 2.09. The van der Waals surface area contributed by atoms with Gasteiger partial charge in [-0.15, -0.1) is 6.58 Å². The number of hydrogen-bond acceptors (Lipinski definition) is 0. The summed E-state index contributed by atoms with van der Waals surface area (Å²) in [6.45, 7) is 5.88. The van der Waals surface area contributed by atoms with Crippen molar-refractivity contribution in [1.29, 1.82) is 0 Å². The van der Waals surface area contributed by atoms with Gasteiger partial charge in [-0.2, -0.15) is 11.1 Å². The van der Waals surface area contributed by atoms with Crippen LogP contribution in [0.2, 0.25) is 6.04 Å². The molecule has 0 saturated heterocycles. The lowest BCUT2D eigenvalue weighted by molar-refractivity contribution is 0.812. The molecule has 2 heteroatoms. The molecule has 1 aromatic carbocycles. The maximum atomic E-state index is 6.50. The first-order chi connectivity index (χ1) is 7.25. The predicted molar refractivity (Wildman–Crippen MR) is 72.7 cm³/mol. The van der Waals surface area contributed by atoms with Crippen molar-refractivity contribution in [2.45, 2.75) is 32.2 Å². The molecule has 0 nitrogen and oxygen atoms in total. The second kappa shape index (κ2) is 6.86. The van der Waals surface area contributed by atoms with Gasteiger partial charge in [-0.1, -0.05) is 48.7 Å². The van der Waals surface area contributed by atoms with E-state index < -0.39 is 8.11 Å². The standard InChI is InChI=1S/C13H19ClSi/c1-3-4-5-8-11-15(14)13-10-7-6-9-12(13)2/h3,6-7,9-10,15H,1,4-5,8,11H2,2H3. The number of benzene rings is 1. The molecular formula is C13H19ClSi. The van der Waals surface area contributed by atoms with Crippen molar-refractivity contribution >= 4 is 24.4 Å². The van der Waals surface area contributed by atoms with Gasteiger partial charge in [0.05, 0.1) is 0 Å². The lowest BCUT2D eigenvalue weighted by atomic mass is 10.2. The van der Waals surface area contributed by atoms with Gasteiger partial charge in [-0.05, 0) is 24.6 Å². The van der Waals surface area contributed by atoms with Crippen LogP contribution >= 0.6 is 11.1 Å². The van der Waals surface area contributed by atoms with Gasteiger partial charge in [0.2, 0.25) is 0 Å². The number of allylic oxidation sites excluding steroid dienone is 1. The van der Waals surface area contributed by atoms with Gasteiger partial charge in [-0.25, -0.2) is 0 Å². The zero-order valence-electron chi connectivity index (χ0n) is 9.38. The van der Waals surface area contributed by atoms with Crippen LogP contribution in [0.15, 0.2) is 36.9 Å². The van der Waals surface area contributed by atoms with Gasteiger partial charge >= 0.3 is 0 Å². The number of hydrogen-bond donors (Lipinski definition) is 0. The highest BCUT2D eigenvalue weighted by Gasteiger charge is 2.11. The summed E-state index contributed by atoms with van der Waals surface area (Å²) in [5.74, 6) is 0. The quantitative estimate of drug-likeness (QED) is 0.308. The lowest BCUT2D eigenvalue weighted by Crippen LogP contribution is -2.26. The third kappa shape index (κ3) is 4.23. The lowest BCUT2D eigenvalue weighted by Gasteiger charge is -2.10. The fourth-order valence-electron chi connectivity index (χ4n) is 1.71. The Bertz CT molecular complexity index is 309. The van der Waals surface area contributed by atoms with Crippen molar-refractivity contribution in [3.63, 3.8) is 0 Å². The minimum atomic E-state index is -1.20. The third-order valence-electron chi connectivity index (χ3n) is 2.64. The van der Waals surface area contributed by atoms with Crippen molar-refractivity contribution in [3.05, 3.63) is 42.5 Å². The Balaban J connectivity index is 2.43. The maximum absolute atomic E-state index is 6.50. The zero-order chi connectivity index (χ0) is 11.1. The highest BCUT2D eigenvalue weighted by atomic mass is 35.6. The molecule has 0 radical (unpaired) electrons. The SMILES string of the molecule is C=CCCCC[SiH](Cl)c1ccccc1C. The van der Waals surface area contributed by atoms with Crippen LogP contribution in [0.25, 0.3) is 0 Å². The van der Waals surface area contributed by atoms with E-state index in [1.807, 2.05) is 6.08 Å². The molecule has 0 amide bonds. The van der Waals surface area contributed by atoms with E-state index in [4.69, 9.17) is 11.1 Å². The Morgan fingerprint density at radius 3 is 2.73 bits per heavy atom. The smallest absolute Gasteiger partial charge is 0.165 e. The molecule has 0 bridgehead atoms. The molecule has 15 heavy (non-hydrogen) atoms. The average Bonchev–Trinajstić information content (AvgIpc) is 2.25. The van der Waals surface area contributed by atoms with E-state index in [0.717, 1.165) is 6.42 Å². The van der Waals surface area contributed by atoms with E-state index in [1.165, 1.54) is 29.6 Å². The van der Waals surface area contributed by atoms with E-state index in [1.54, 1.807) is 0 Å². The first-order valence-corrected chi connectivity index (χ1v) is 8.70. The van der Waals surface area contributed by atoms with Gasteiger partial charge in [-0.3, -0.25) is 0 Å². The number of rotatable bonds is 6. The normalized spacial score (nSPS) is 12.4. The summed E-state index contributed by atoms with van der Waals surface area (Å²) in [5.41, 5.74) is 1.35. The van der Waals surface area contributed by atoms with Gasteiger partial charge in [0.15, 0.2) is 8.11 Å². The second-order valence-electron chi connectivity index (χ2n) is 3.90. The molecule has 0 aromatic heterocycles. The first-order valence-electron chi connectivity index (χ1n) is 5.56. The molecule has 1 atom stereocenters. The fraction of sp³-hybridized carbons (Fsp3) is 0.385. The van der Waals surface area contributed by atoms with E-state index in [9.17, 15) is 0 Å². The summed E-state index contributed by atoms with van der Waals surface area (Å²) >= 11 is 6.50. The molecular weight excluding hydrogens is 220 g/mol. The van der Waals surface area contributed by atoms with Crippen LogP contribution < -0.4 is 5.19 Å². The Kier molecular flexibility index (Phi) is 5.73. The molecule has 0 spiro atoms. The zero-order valence-corrected chi connectivity index (χ0v) is 11.3. The first kappa shape index (κ1) is 12.5. The summed E-state index contributed by atoms with van der Waals surface area (Å²) < 4.78 is 0. The molecule has 0 aliphatic heterocycles. The topological polar surface area (TPSA) is 0 Å². The monoisotopic (exact) mass is 238 g/mol. The van der Waals surface area contributed by atoms with E-state index in [2.05, 4.69) is 37.8 Å². The van der Waals surface area contributed by atoms with Crippen LogP contribution in [-0.2, 0) is 0 Å². The van der Waals surface area contributed by atoms with Crippen LogP contribution in [0.4, 0.5) is 0 Å². The summed E-state index contributed by atoms with van der Waals surface area (Å²) in [7, 11) is -1.20. The molecule has 0 N–H and O–H groups in total. The molecule has 0 saturated carbocycles. The predicted octanol–water partition coefficient (Wildman–Crippen LogP) is 3.52. The molecule has 1 unspecified atom stereocenters. The Hall–Kier alpha value is -0.533. The fourth-order valence-corrected chi connectivity index (χ4v) is 4.77. The van der Waals surface area contributed by atoms with Crippen molar-refractivity contribution in [2.75, 3.05) is 0 Å². The second-order valence-corrected chi connectivity index (χ2v) is 7.61. The van der Waals surface area contributed by atoms with Gasteiger partial charge < -0.3 is 0 Å². The van der Waals surface area contributed by atoms with Crippen LogP contribution in [0.3, 0.4) is 0 Å². The summed E-state index contributed by atoms with van der Waals surface area (Å²) in [6.07, 6.45) is 5.57. The third-order valence-corrected chi connectivity index (χ3v) is 6.24.